The van der Waals surface area contributed by atoms with E-state index in [9.17, 15) is 13.2 Å². The predicted octanol–water partition coefficient (Wildman–Crippen LogP) is 3.05. The standard InChI is InChI=1S/C19H22N2O3S2/c1-14-13-21(15(2)22)18-12-17(8-9-19(18)25-14)26(23,24)20-11-10-16-6-4-3-5-7-16/h3-9,12,14,20H,10-11,13H2,1-2H3/t14-/m1/s1. The Morgan fingerprint density at radius 1 is 1.23 bits per heavy atom. The maximum Gasteiger partial charge on any atom is 0.240 e. The molecule has 0 fully saturated rings. The maximum absolute atomic E-state index is 12.6. The highest BCUT2D eigenvalue weighted by atomic mass is 32.2. The second-order valence-corrected chi connectivity index (χ2v) is 9.57. The number of sulfonamides is 1. The van der Waals surface area contributed by atoms with Crippen molar-refractivity contribution < 1.29 is 13.2 Å². The zero-order valence-corrected chi connectivity index (χ0v) is 16.4. The van der Waals surface area contributed by atoms with E-state index < -0.39 is 10.0 Å². The molecule has 26 heavy (non-hydrogen) atoms. The molecule has 0 bridgehead atoms. The highest BCUT2D eigenvalue weighted by Gasteiger charge is 2.27. The number of anilines is 1. The molecular weight excluding hydrogens is 368 g/mol. The average Bonchev–Trinajstić information content (AvgIpc) is 2.61. The molecule has 2 aromatic rings. The van der Waals surface area contributed by atoms with Gasteiger partial charge in [0.1, 0.15) is 0 Å². The molecule has 1 amide bonds. The van der Waals surface area contributed by atoms with Crippen molar-refractivity contribution in [3.05, 3.63) is 54.1 Å². The minimum absolute atomic E-state index is 0.0787. The fourth-order valence-electron chi connectivity index (χ4n) is 2.94. The van der Waals surface area contributed by atoms with Crippen LogP contribution in [0.25, 0.3) is 0 Å². The highest BCUT2D eigenvalue weighted by Crippen LogP contribution is 2.39. The summed E-state index contributed by atoms with van der Waals surface area (Å²) in [6.45, 7) is 4.47. The quantitative estimate of drug-likeness (QED) is 0.852. The van der Waals surface area contributed by atoms with Crippen LogP contribution in [0.15, 0.2) is 58.3 Å². The molecule has 5 nitrogen and oxygen atoms in total. The molecule has 0 saturated carbocycles. The lowest BCUT2D eigenvalue weighted by Gasteiger charge is -2.32. The summed E-state index contributed by atoms with van der Waals surface area (Å²) < 4.78 is 27.9. The van der Waals surface area contributed by atoms with Crippen molar-refractivity contribution in [3.63, 3.8) is 0 Å². The lowest BCUT2D eigenvalue weighted by Crippen LogP contribution is -2.37. The molecule has 0 unspecified atom stereocenters. The van der Waals surface area contributed by atoms with Gasteiger partial charge in [0.2, 0.25) is 15.9 Å². The summed E-state index contributed by atoms with van der Waals surface area (Å²) in [7, 11) is -3.62. The van der Waals surface area contributed by atoms with E-state index in [1.54, 1.807) is 34.9 Å². The number of hydrogen-bond donors (Lipinski definition) is 1. The summed E-state index contributed by atoms with van der Waals surface area (Å²) in [6, 6.07) is 14.7. The van der Waals surface area contributed by atoms with Gasteiger partial charge >= 0.3 is 0 Å². The molecule has 0 aliphatic carbocycles. The van der Waals surface area contributed by atoms with E-state index in [0.717, 1.165) is 10.5 Å². The van der Waals surface area contributed by atoms with Gasteiger partial charge < -0.3 is 4.90 Å². The molecule has 1 heterocycles. The number of carbonyl (C=O) groups excluding carboxylic acids is 1. The van der Waals surface area contributed by atoms with Crippen LogP contribution in [0.1, 0.15) is 19.4 Å². The van der Waals surface area contributed by atoms with Crippen molar-refractivity contribution in [2.75, 3.05) is 18.0 Å². The van der Waals surface area contributed by atoms with Gasteiger partial charge in [0.05, 0.1) is 10.6 Å². The molecule has 7 heteroatoms. The van der Waals surface area contributed by atoms with Gasteiger partial charge in [-0.2, -0.15) is 0 Å². The molecular formula is C19H22N2O3S2. The summed E-state index contributed by atoms with van der Waals surface area (Å²) in [5, 5.41) is 0.276. The summed E-state index contributed by atoms with van der Waals surface area (Å²) in [6.07, 6.45) is 0.623. The van der Waals surface area contributed by atoms with Gasteiger partial charge in [-0.05, 0) is 30.2 Å². The van der Waals surface area contributed by atoms with Crippen LogP contribution in [-0.2, 0) is 21.2 Å². The van der Waals surface area contributed by atoms with Crippen LogP contribution in [0.3, 0.4) is 0 Å². The zero-order chi connectivity index (χ0) is 18.7. The number of amides is 1. The summed E-state index contributed by atoms with van der Waals surface area (Å²) >= 11 is 1.66. The monoisotopic (exact) mass is 390 g/mol. The van der Waals surface area contributed by atoms with Gasteiger partial charge in [-0.15, -0.1) is 11.8 Å². The van der Waals surface area contributed by atoms with Crippen LogP contribution in [0.4, 0.5) is 5.69 Å². The smallest absolute Gasteiger partial charge is 0.240 e. The van der Waals surface area contributed by atoms with Gasteiger partial charge in [0.15, 0.2) is 0 Å². The second kappa shape index (κ2) is 7.82. The molecule has 0 radical (unpaired) electrons. The van der Waals surface area contributed by atoms with Crippen LogP contribution in [0.5, 0.6) is 0 Å². The average molecular weight is 391 g/mol. The Morgan fingerprint density at radius 2 is 1.96 bits per heavy atom. The number of rotatable bonds is 5. The third kappa shape index (κ3) is 4.28. The van der Waals surface area contributed by atoms with E-state index >= 15 is 0 Å². The molecule has 0 saturated heterocycles. The van der Waals surface area contributed by atoms with E-state index in [1.165, 1.54) is 6.92 Å². The Labute approximate surface area is 158 Å². The van der Waals surface area contributed by atoms with Gasteiger partial charge in [0.25, 0.3) is 0 Å². The van der Waals surface area contributed by atoms with E-state index in [4.69, 9.17) is 0 Å². The first-order valence-electron chi connectivity index (χ1n) is 8.49. The minimum atomic E-state index is -3.62. The van der Waals surface area contributed by atoms with Gasteiger partial charge in [-0.1, -0.05) is 37.3 Å². The van der Waals surface area contributed by atoms with Crippen LogP contribution >= 0.6 is 11.8 Å². The Morgan fingerprint density at radius 3 is 2.65 bits per heavy atom. The summed E-state index contributed by atoms with van der Waals surface area (Å²) in [4.78, 5) is 14.7. The molecule has 138 valence electrons. The van der Waals surface area contributed by atoms with Crippen molar-refractivity contribution in [1.29, 1.82) is 0 Å². The predicted molar refractivity (Wildman–Crippen MR) is 105 cm³/mol. The van der Waals surface area contributed by atoms with Crippen molar-refractivity contribution in [1.82, 2.24) is 4.72 Å². The van der Waals surface area contributed by atoms with Crippen LogP contribution in [0, 0.1) is 0 Å². The van der Waals surface area contributed by atoms with Crippen LogP contribution < -0.4 is 9.62 Å². The van der Waals surface area contributed by atoms with Crippen LogP contribution in [-0.4, -0.2) is 32.7 Å². The Kier molecular flexibility index (Phi) is 5.70. The van der Waals surface area contributed by atoms with Gasteiger partial charge in [0, 0.05) is 30.2 Å². The number of nitrogens with one attached hydrogen (secondary N) is 1. The lowest BCUT2D eigenvalue weighted by molar-refractivity contribution is -0.116. The van der Waals surface area contributed by atoms with Crippen molar-refractivity contribution >= 4 is 33.4 Å². The SMILES string of the molecule is CC(=O)N1C[C@@H](C)Sc2ccc(S(=O)(=O)NCCc3ccccc3)cc21. The van der Waals surface area contributed by atoms with Crippen molar-refractivity contribution in [2.45, 2.75) is 35.3 Å². The molecule has 1 aliphatic rings. The van der Waals surface area contributed by atoms with Crippen LogP contribution in [0.2, 0.25) is 0 Å². The molecule has 0 aromatic heterocycles. The molecule has 0 spiro atoms. The Bertz CT molecular complexity index is 898. The number of carbonyl (C=O) groups is 1. The largest absolute Gasteiger partial charge is 0.310 e. The number of fused-ring (bicyclic) bond motifs is 1. The second-order valence-electron chi connectivity index (χ2n) is 6.32. The normalized spacial score (nSPS) is 17.0. The number of hydrogen-bond acceptors (Lipinski definition) is 4. The third-order valence-corrected chi connectivity index (χ3v) is 6.84. The minimum Gasteiger partial charge on any atom is -0.310 e. The fourth-order valence-corrected chi connectivity index (χ4v) is 5.09. The highest BCUT2D eigenvalue weighted by molar-refractivity contribution is 8.00. The van der Waals surface area contributed by atoms with Gasteiger partial charge in [-0.25, -0.2) is 13.1 Å². The summed E-state index contributed by atoms with van der Waals surface area (Å²) in [5.74, 6) is -0.0787. The van der Waals surface area contributed by atoms with E-state index in [0.29, 0.717) is 25.2 Å². The zero-order valence-electron chi connectivity index (χ0n) is 14.8. The Balaban J connectivity index is 1.78. The molecule has 1 aliphatic heterocycles. The van der Waals surface area contributed by atoms with E-state index in [1.807, 2.05) is 30.3 Å². The van der Waals surface area contributed by atoms with Crippen molar-refractivity contribution in [2.24, 2.45) is 0 Å². The van der Waals surface area contributed by atoms with E-state index in [2.05, 4.69) is 11.6 Å². The first kappa shape index (κ1) is 18.9. The molecule has 3 rings (SSSR count). The first-order valence-corrected chi connectivity index (χ1v) is 10.9. The molecule has 1 atom stereocenters. The van der Waals surface area contributed by atoms with E-state index in [-0.39, 0.29) is 16.1 Å². The third-order valence-electron chi connectivity index (χ3n) is 4.23. The fraction of sp³-hybridized carbons (Fsp3) is 0.316. The molecule has 2 aromatic carbocycles. The number of benzene rings is 2. The van der Waals surface area contributed by atoms with Gasteiger partial charge in [-0.3, -0.25) is 4.79 Å². The first-order chi connectivity index (χ1) is 12.4. The summed E-state index contributed by atoms with van der Waals surface area (Å²) in [5.41, 5.74) is 1.75. The Hall–Kier alpha value is -1.83. The van der Waals surface area contributed by atoms with Crippen molar-refractivity contribution in [3.8, 4) is 0 Å². The lowest BCUT2D eigenvalue weighted by atomic mass is 10.2. The topological polar surface area (TPSA) is 66.5 Å². The number of nitrogens with zero attached hydrogens (tertiary/aromatic N) is 1. The molecule has 1 N–H and O–H groups in total. The number of thioether (sulfide) groups is 1. The maximum atomic E-state index is 12.6.